The summed E-state index contributed by atoms with van der Waals surface area (Å²) in [5.41, 5.74) is 1.69. The van der Waals surface area contributed by atoms with Crippen LogP contribution >= 0.6 is 22.9 Å². The van der Waals surface area contributed by atoms with E-state index in [1.54, 1.807) is 0 Å². The summed E-state index contributed by atoms with van der Waals surface area (Å²) in [4.78, 5) is 16.6. The summed E-state index contributed by atoms with van der Waals surface area (Å²) in [6.07, 6.45) is 7.85. The number of aromatic nitrogens is 1. The average Bonchev–Trinajstić information content (AvgIpc) is 3.11. The van der Waals surface area contributed by atoms with Gasteiger partial charge in [0.1, 0.15) is 5.01 Å². The van der Waals surface area contributed by atoms with Crippen molar-refractivity contribution in [2.24, 2.45) is 0 Å². The van der Waals surface area contributed by atoms with Gasteiger partial charge in [-0.15, -0.1) is 11.3 Å². The molecule has 1 aromatic heterocycles. The molecule has 0 radical (unpaired) electrons. The highest BCUT2D eigenvalue weighted by Gasteiger charge is 2.13. The summed E-state index contributed by atoms with van der Waals surface area (Å²) in [5.74, 6) is -0.00123. The topological polar surface area (TPSA) is 51.2 Å². The van der Waals surface area contributed by atoms with Crippen LogP contribution in [-0.2, 0) is 16.0 Å². The van der Waals surface area contributed by atoms with E-state index in [4.69, 9.17) is 16.3 Å². The van der Waals surface area contributed by atoms with Crippen molar-refractivity contribution in [3.8, 4) is 10.6 Å². The highest BCUT2D eigenvalue weighted by atomic mass is 35.5. The number of ether oxygens (including phenoxy) is 1. The number of amides is 1. The third kappa shape index (κ3) is 5.79. The van der Waals surface area contributed by atoms with Gasteiger partial charge in [0.15, 0.2) is 0 Å². The number of thiazole rings is 1. The molecule has 1 saturated carbocycles. The van der Waals surface area contributed by atoms with Gasteiger partial charge in [0.2, 0.25) is 5.91 Å². The normalized spacial score (nSPS) is 15.1. The Morgan fingerprint density at radius 3 is 2.88 bits per heavy atom. The molecule has 1 amide bonds. The standard InChI is InChI=1S/C20H25ClN2O2S/c21-18-10-5-4-9-17(18)20-23-15(14-26-20)13-19(24)22-11-6-12-25-16-7-2-1-3-8-16/h4-5,9-10,14,16H,1-3,6-8,11-13H2,(H,22,24). The molecule has 140 valence electrons. The van der Waals surface area contributed by atoms with Gasteiger partial charge in [0.25, 0.3) is 0 Å². The fourth-order valence-corrected chi connectivity index (χ4v) is 4.30. The lowest BCUT2D eigenvalue weighted by molar-refractivity contribution is -0.120. The molecular formula is C20H25ClN2O2S. The van der Waals surface area contributed by atoms with E-state index in [-0.39, 0.29) is 5.91 Å². The first-order valence-corrected chi connectivity index (χ1v) is 10.6. The summed E-state index contributed by atoms with van der Waals surface area (Å²) >= 11 is 7.71. The van der Waals surface area contributed by atoms with Gasteiger partial charge in [0.05, 0.1) is 23.2 Å². The number of halogens is 1. The van der Waals surface area contributed by atoms with Crippen molar-refractivity contribution in [1.82, 2.24) is 10.3 Å². The van der Waals surface area contributed by atoms with Crippen molar-refractivity contribution < 1.29 is 9.53 Å². The molecule has 0 unspecified atom stereocenters. The molecule has 0 saturated heterocycles. The van der Waals surface area contributed by atoms with E-state index in [0.29, 0.717) is 24.1 Å². The minimum Gasteiger partial charge on any atom is -0.378 e. The molecule has 1 aromatic carbocycles. The largest absolute Gasteiger partial charge is 0.378 e. The van der Waals surface area contributed by atoms with Crippen LogP contribution < -0.4 is 5.32 Å². The second kappa shape index (κ2) is 10.0. The van der Waals surface area contributed by atoms with Crippen LogP contribution in [0.5, 0.6) is 0 Å². The maximum Gasteiger partial charge on any atom is 0.226 e. The van der Waals surface area contributed by atoms with Gasteiger partial charge in [-0.05, 0) is 25.3 Å². The molecule has 26 heavy (non-hydrogen) atoms. The zero-order chi connectivity index (χ0) is 18.2. The highest BCUT2D eigenvalue weighted by Crippen LogP contribution is 2.30. The second-order valence-electron chi connectivity index (χ2n) is 6.63. The molecular weight excluding hydrogens is 368 g/mol. The zero-order valence-corrected chi connectivity index (χ0v) is 16.5. The predicted molar refractivity (Wildman–Crippen MR) is 107 cm³/mol. The number of carbonyl (C=O) groups excluding carboxylic acids is 1. The van der Waals surface area contributed by atoms with Crippen LogP contribution in [0.15, 0.2) is 29.6 Å². The van der Waals surface area contributed by atoms with E-state index in [2.05, 4.69) is 10.3 Å². The van der Waals surface area contributed by atoms with E-state index in [0.717, 1.165) is 29.3 Å². The summed E-state index contributed by atoms with van der Waals surface area (Å²) in [6, 6.07) is 7.62. The van der Waals surface area contributed by atoms with Gasteiger partial charge in [-0.1, -0.05) is 49.1 Å². The minimum atomic E-state index is -0.00123. The Hall–Kier alpha value is -1.43. The molecule has 0 bridgehead atoms. The number of nitrogens with one attached hydrogen (secondary N) is 1. The molecule has 3 rings (SSSR count). The second-order valence-corrected chi connectivity index (χ2v) is 7.90. The summed E-state index contributed by atoms with van der Waals surface area (Å²) < 4.78 is 5.87. The van der Waals surface area contributed by atoms with E-state index >= 15 is 0 Å². The number of nitrogens with zero attached hydrogens (tertiary/aromatic N) is 1. The van der Waals surface area contributed by atoms with Crippen LogP contribution in [-0.4, -0.2) is 30.1 Å². The molecule has 1 heterocycles. The van der Waals surface area contributed by atoms with Gasteiger partial charge >= 0.3 is 0 Å². The van der Waals surface area contributed by atoms with Crippen LogP contribution in [0, 0.1) is 0 Å². The Bertz CT molecular complexity index is 713. The molecule has 1 aliphatic carbocycles. The third-order valence-electron chi connectivity index (χ3n) is 4.55. The zero-order valence-electron chi connectivity index (χ0n) is 14.9. The molecule has 1 aliphatic rings. The van der Waals surface area contributed by atoms with Crippen molar-refractivity contribution >= 4 is 28.8 Å². The number of benzene rings is 1. The van der Waals surface area contributed by atoms with Crippen LogP contribution in [0.1, 0.15) is 44.2 Å². The monoisotopic (exact) mass is 392 g/mol. The smallest absolute Gasteiger partial charge is 0.226 e. The molecule has 1 fully saturated rings. The molecule has 1 N–H and O–H groups in total. The summed E-state index contributed by atoms with van der Waals surface area (Å²) in [5, 5.41) is 6.39. The Labute approximate surface area is 163 Å². The Morgan fingerprint density at radius 1 is 1.27 bits per heavy atom. The lowest BCUT2D eigenvalue weighted by atomic mass is 9.98. The van der Waals surface area contributed by atoms with Crippen molar-refractivity contribution in [2.45, 2.75) is 51.0 Å². The van der Waals surface area contributed by atoms with Crippen LogP contribution in [0.3, 0.4) is 0 Å². The first kappa shape index (κ1) is 19.3. The van der Waals surface area contributed by atoms with E-state index in [9.17, 15) is 4.79 Å². The van der Waals surface area contributed by atoms with Crippen molar-refractivity contribution in [3.05, 3.63) is 40.4 Å². The van der Waals surface area contributed by atoms with Crippen LogP contribution in [0.25, 0.3) is 10.6 Å². The molecule has 6 heteroatoms. The van der Waals surface area contributed by atoms with Gasteiger partial charge in [0, 0.05) is 24.1 Å². The van der Waals surface area contributed by atoms with Crippen molar-refractivity contribution in [1.29, 1.82) is 0 Å². The van der Waals surface area contributed by atoms with Crippen LogP contribution in [0.4, 0.5) is 0 Å². The van der Waals surface area contributed by atoms with Gasteiger partial charge in [-0.2, -0.15) is 0 Å². The molecule has 0 spiro atoms. The Balaban J connectivity index is 1.36. The fraction of sp³-hybridized carbons (Fsp3) is 0.500. The van der Waals surface area contributed by atoms with E-state index in [1.807, 2.05) is 29.6 Å². The molecule has 2 aromatic rings. The molecule has 4 nitrogen and oxygen atoms in total. The number of carbonyl (C=O) groups is 1. The Morgan fingerprint density at radius 2 is 2.08 bits per heavy atom. The highest BCUT2D eigenvalue weighted by molar-refractivity contribution is 7.13. The van der Waals surface area contributed by atoms with Gasteiger partial charge in [-0.3, -0.25) is 4.79 Å². The SMILES string of the molecule is O=C(Cc1csc(-c2ccccc2Cl)n1)NCCCOC1CCCCC1. The molecule has 0 aliphatic heterocycles. The first-order valence-electron chi connectivity index (χ1n) is 9.30. The van der Waals surface area contributed by atoms with Crippen LogP contribution in [0.2, 0.25) is 5.02 Å². The Kier molecular flexibility index (Phi) is 7.47. The maximum atomic E-state index is 12.1. The lowest BCUT2D eigenvalue weighted by Gasteiger charge is -2.21. The predicted octanol–water partition coefficient (Wildman–Crippen LogP) is 4.86. The lowest BCUT2D eigenvalue weighted by Crippen LogP contribution is -2.27. The van der Waals surface area contributed by atoms with Crippen molar-refractivity contribution in [3.63, 3.8) is 0 Å². The fourth-order valence-electron chi connectivity index (χ4n) is 3.16. The minimum absolute atomic E-state index is 0.00123. The van der Waals surface area contributed by atoms with Crippen molar-refractivity contribution in [2.75, 3.05) is 13.2 Å². The maximum absolute atomic E-state index is 12.1. The first-order chi connectivity index (χ1) is 12.7. The summed E-state index contributed by atoms with van der Waals surface area (Å²) in [7, 11) is 0. The molecule has 0 atom stereocenters. The van der Waals surface area contributed by atoms with E-state index in [1.165, 1.54) is 43.4 Å². The third-order valence-corrected chi connectivity index (χ3v) is 5.80. The quantitative estimate of drug-likeness (QED) is 0.652. The van der Waals surface area contributed by atoms with Gasteiger partial charge in [-0.25, -0.2) is 4.98 Å². The van der Waals surface area contributed by atoms with E-state index < -0.39 is 0 Å². The van der Waals surface area contributed by atoms with Gasteiger partial charge < -0.3 is 10.1 Å². The average molecular weight is 393 g/mol. The number of hydrogen-bond donors (Lipinski definition) is 1. The number of rotatable bonds is 8. The summed E-state index contributed by atoms with van der Waals surface area (Å²) in [6.45, 7) is 1.37. The number of hydrogen-bond acceptors (Lipinski definition) is 4.